The van der Waals surface area contributed by atoms with Crippen LogP contribution in [0.4, 0.5) is 0 Å². The molecule has 0 bridgehead atoms. The molecule has 2 atom stereocenters. The zero-order valence-corrected chi connectivity index (χ0v) is 8.21. The van der Waals surface area contributed by atoms with Gasteiger partial charge in [0.05, 0.1) is 0 Å². The summed E-state index contributed by atoms with van der Waals surface area (Å²) < 4.78 is 0. The summed E-state index contributed by atoms with van der Waals surface area (Å²) in [6.45, 7) is 11.7. The predicted molar refractivity (Wildman–Crippen MR) is 53.3 cm³/mol. The SMILES string of the molecule is C=CC(C)N1CCNC(CC)C1. The van der Waals surface area contributed by atoms with Gasteiger partial charge < -0.3 is 5.32 Å². The average Bonchev–Trinajstić information content (AvgIpc) is 2.17. The summed E-state index contributed by atoms with van der Waals surface area (Å²) in [7, 11) is 0. The lowest BCUT2D eigenvalue weighted by molar-refractivity contribution is 0.174. The molecule has 1 aliphatic heterocycles. The lowest BCUT2D eigenvalue weighted by atomic mass is 10.1. The molecule has 0 amide bonds. The van der Waals surface area contributed by atoms with Crippen LogP contribution in [-0.2, 0) is 0 Å². The molecular formula is C10H20N2. The van der Waals surface area contributed by atoms with Gasteiger partial charge in [-0.1, -0.05) is 13.0 Å². The number of piperazine rings is 1. The molecule has 1 rings (SSSR count). The molecule has 1 N–H and O–H groups in total. The highest BCUT2D eigenvalue weighted by Gasteiger charge is 2.19. The van der Waals surface area contributed by atoms with E-state index in [9.17, 15) is 0 Å². The van der Waals surface area contributed by atoms with Crippen LogP contribution in [-0.4, -0.2) is 36.6 Å². The third kappa shape index (κ3) is 2.32. The fraction of sp³-hybridized carbons (Fsp3) is 0.800. The minimum atomic E-state index is 0.529. The second-order valence-corrected chi connectivity index (χ2v) is 3.53. The Morgan fingerprint density at radius 1 is 1.75 bits per heavy atom. The topological polar surface area (TPSA) is 15.3 Å². The van der Waals surface area contributed by atoms with Crippen molar-refractivity contribution in [1.82, 2.24) is 10.2 Å². The Kier molecular flexibility index (Phi) is 3.76. The molecule has 0 radical (unpaired) electrons. The molecule has 0 aromatic heterocycles. The van der Waals surface area contributed by atoms with E-state index in [4.69, 9.17) is 0 Å². The summed E-state index contributed by atoms with van der Waals surface area (Å²) in [4.78, 5) is 2.48. The Morgan fingerprint density at radius 3 is 3.08 bits per heavy atom. The van der Waals surface area contributed by atoms with E-state index in [0.29, 0.717) is 12.1 Å². The van der Waals surface area contributed by atoms with Crippen molar-refractivity contribution >= 4 is 0 Å². The first kappa shape index (κ1) is 9.75. The van der Waals surface area contributed by atoms with Crippen molar-refractivity contribution in [3.8, 4) is 0 Å². The van der Waals surface area contributed by atoms with Gasteiger partial charge in [0.15, 0.2) is 0 Å². The first-order chi connectivity index (χ1) is 5.77. The summed E-state index contributed by atoms with van der Waals surface area (Å²) in [6, 6.07) is 1.21. The first-order valence-electron chi connectivity index (χ1n) is 4.88. The molecule has 12 heavy (non-hydrogen) atoms. The van der Waals surface area contributed by atoms with Crippen LogP contribution in [0.1, 0.15) is 20.3 Å². The standard InChI is InChI=1S/C10H20N2/c1-4-9(3)12-7-6-11-10(5-2)8-12/h4,9-11H,1,5-8H2,2-3H3. The van der Waals surface area contributed by atoms with Crippen molar-refractivity contribution in [2.24, 2.45) is 0 Å². The molecule has 0 saturated carbocycles. The maximum Gasteiger partial charge on any atom is 0.0248 e. The largest absolute Gasteiger partial charge is 0.311 e. The molecule has 1 fully saturated rings. The van der Waals surface area contributed by atoms with Gasteiger partial charge in [-0.3, -0.25) is 4.90 Å². The monoisotopic (exact) mass is 168 g/mol. The molecule has 2 nitrogen and oxygen atoms in total. The molecule has 1 saturated heterocycles. The van der Waals surface area contributed by atoms with Crippen LogP contribution in [0.3, 0.4) is 0 Å². The van der Waals surface area contributed by atoms with Gasteiger partial charge in [0.2, 0.25) is 0 Å². The molecular weight excluding hydrogens is 148 g/mol. The minimum Gasteiger partial charge on any atom is -0.311 e. The van der Waals surface area contributed by atoms with Gasteiger partial charge in [-0.05, 0) is 13.3 Å². The maximum atomic E-state index is 3.82. The first-order valence-corrected chi connectivity index (χ1v) is 4.88. The van der Waals surface area contributed by atoms with E-state index in [-0.39, 0.29) is 0 Å². The zero-order valence-electron chi connectivity index (χ0n) is 8.21. The Bertz CT molecular complexity index is 145. The van der Waals surface area contributed by atoms with Crippen molar-refractivity contribution in [2.75, 3.05) is 19.6 Å². The molecule has 0 aromatic carbocycles. The van der Waals surface area contributed by atoms with Crippen molar-refractivity contribution in [3.05, 3.63) is 12.7 Å². The predicted octanol–water partition coefficient (Wildman–Crippen LogP) is 1.24. The quantitative estimate of drug-likeness (QED) is 0.638. The second-order valence-electron chi connectivity index (χ2n) is 3.53. The van der Waals surface area contributed by atoms with Gasteiger partial charge in [-0.2, -0.15) is 0 Å². The van der Waals surface area contributed by atoms with Gasteiger partial charge in [-0.15, -0.1) is 6.58 Å². The summed E-state index contributed by atoms with van der Waals surface area (Å²) in [5.74, 6) is 0. The van der Waals surface area contributed by atoms with E-state index in [0.717, 1.165) is 13.1 Å². The number of nitrogens with zero attached hydrogens (tertiary/aromatic N) is 1. The zero-order chi connectivity index (χ0) is 8.97. The van der Waals surface area contributed by atoms with Gasteiger partial charge >= 0.3 is 0 Å². The fourth-order valence-corrected chi connectivity index (χ4v) is 1.64. The van der Waals surface area contributed by atoms with Crippen molar-refractivity contribution in [2.45, 2.75) is 32.4 Å². The van der Waals surface area contributed by atoms with Crippen LogP contribution in [0, 0.1) is 0 Å². The summed E-state index contributed by atoms with van der Waals surface area (Å²) in [6.07, 6.45) is 3.25. The molecule has 2 heteroatoms. The van der Waals surface area contributed by atoms with E-state index in [1.54, 1.807) is 0 Å². The third-order valence-corrected chi connectivity index (χ3v) is 2.70. The summed E-state index contributed by atoms with van der Waals surface area (Å²) in [5.41, 5.74) is 0. The van der Waals surface area contributed by atoms with E-state index < -0.39 is 0 Å². The van der Waals surface area contributed by atoms with Crippen molar-refractivity contribution in [3.63, 3.8) is 0 Å². The smallest absolute Gasteiger partial charge is 0.0248 e. The highest BCUT2D eigenvalue weighted by atomic mass is 15.2. The van der Waals surface area contributed by atoms with Crippen LogP contribution in [0.5, 0.6) is 0 Å². The highest BCUT2D eigenvalue weighted by molar-refractivity contribution is 4.88. The Hall–Kier alpha value is -0.340. The van der Waals surface area contributed by atoms with Crippen LogP contribution >= 0.6 is 0 Å². The Morgan fingerprint density at radius 2 is 2.50 bits per heavy atom. The average molecular weight is 168 g/mol. The van der Waals surface area contributed by atoms with Crippen LogP contribution in [0.2, 0.25) is 0 Å². The van der Waals surface area contributed by atoms with Crippen LogP contribution in [0.25, 0.3) is 0 Å². The van der Waals surface area contributed by atoms with Crippen LogP contribution in [0.15, 0.2) is 12.7 Å². The lowest BCUT2D eigenvalue weighted by Crippen LogP contribution is -2.52. The van der Waals surface area contributed by atoms with Gasteiger partial charge in [0.25, 0.3) is 0 Å². The maximum absolute atomic E-state index is 3.82. The van der Waals surface area contributed by atoms with E-state index >= 15 is 0 Å². The van der Waals surface area contributed by atoms with E-state index in [2.05, 4.69) is 30.6 Å². The van der Waals surface area contributed by atoms with E-state index in [1.807, 2.05) is 6.08 Å². The molecule has 0 aromatic rings. The number of hydrogen-bond acceptors (Lipinski definition) is 2. The Balaban J connectivity index is 2.39. The lowest BCUT2D eigenvalue weighted by Gasteiger charge is -2.36. The highest BCUT2D eigenvalue weighted by Crippen LogP contribution is 2.06. The number of rotatable bonds is 3. The molecule has 1 heterocycles. The summed E-state index contributed by atoms with van der Waals surface area (Å²) >= 11 is 0. The molecule has 0 spiro atoms. The van der Waals surface area contributed by atoms with Crippen LogP contribution < -0.4 is 5.32 Å². The normalized spacial score (nSPS) is 28.3. The number of nitrogens with one attached hydrogen (secondary N) is 1. The van der Waals surface area contributed by atoms with Gasteiger partial charge in [0.1, 0.15) is 0 Å². The summed E-state index contributed by atoms with van der Waals surface area (Å²) in [5, 5.41) is 3.50. The van der Waals surface area contributed by atoms with Gasteiger partial charge in [0, 0.05) is 31.7 Å². The molecule has 0 aliphatic carbocycles. The molecule has 70 valence electrons. The molecule has 2 unspecified atom stereocenters. The van der Waals surface area contributed by atoms with E-state index in [1.165, 1.54) is 13.0 Å². The van der Waals surface area contributed by atoms with Crippen molar-refractivity contribution in [1.29, 1.82) is 0 Å². The second kappa shape index (κ2) is 4.63. The Labute approximate surface area is 75.6 Å². The fourth-order valence-electron chi connectivity index (χ4n) is 1.64. The third-order valence-electron chi connectivity index (χ3n) is 2.70. The van der Waals surface area contributed by atoms with Gasteiger partial charge in [-0.25, -0.2) is 0 Å². The number of hydrogen-bond donors (Lipinski definition) is 1. The minimum absolute atomic E-state index is 0.529. The molecule has 1 aliphatic rings. The van der Waals surface area contributed by atoms with Crippen molar-refractivity contribution < 1.29 is 0 Å².